The van der Waals surface area contributed by atoms with Gasteiger partial charge in [0.2, 0.25) is 5.91 Å². The van der Waals surface area contributed by atoms with Crippen molar-refractivity contribution in [1.29, 1.82) is 0 Å². The van der Waals surface area contributed by atoms with Crippen LogP contribution in [-0.4, -0.2) is 85.0 Å². The number of aromatic nitrogens is 1. The van der Waals surface area contributed by atoms with Crippen LogP contribution in [0.15, 0.2) is 58.7 Å². The van der Waals surface area contributed by atoms with Gasteiger partial charge >= 0.3 is 5.97 Å². The molecule has 2 aliphatic rings. The number of amides is 1. The Morgan fingerprint density at radius 2 is 1.95 bits per heavy atom. The third-order valence-electron chi connectivity index (χ3n) is 6.57. The number of piperazine rings is 1. The number of halogens is 1. The highest BCUT2D eigenvalue weighted by molar-refractivity contribution is 7.89. The highest BCUT2D eigenvalue weighted by Gasteiger charge is 2.42. The van der Waals surface area contributed by atoms with Crippen LogP contribution in [0.1, 0.15) is 17.5 Å². The Morgan fingerprint density at radius 1 is 1.19 bits per heavy atom. The van der Waals surface area contributed by atoms with Crippen LogP contribution in [0.3, 0.4) is 0 Å². The van der Waals surface area contributed by atoms with Gasteiger partial charge in [0.25, 0.3) is 10.0 Å². The lowest BCUT2D eigenvalue weighted by Gasteiger charge is -2.38. The number of fused-ring (bicyclic) bond motifs is 1. The van der Waals surface area contributed by atoms with Gasteiger partial charge in [-0.25, -0.2) is 13.2 Å². The molecular formula is C25H26ClN5O5S. The van der Waals surface area contributed by atoms with Crippen molar-refractivity contribution in [2.75, 3.05) is 33.3 Å². The summed E-state index contributed by atoms with van der Waals surface area (Å²) in [6.45, 7) is 1.44. The number of ether oxygens (including phenoxy) is 1. The van der Waals surface area contributed by atoms with E-state index in [1.54, 1.807) is 24.4 Å². The molecule has 0 saturated carbocycles. The van der Waals surface area contributed by atoms with Crippen LogP contribution in [0.25, 0.3) is 10.9 Å². The van der Waals surface area contributed by atoms with Crippen LogP contribution in [0, 0.1) is 0 Å². The molecule has 1 aromatic heterocycles. The minimum absolute atomic E-state index is 0.0786. The van der Waals surface area contributed by atoms with Gasteiger partial charge in [-0.15, -0.1) is 0 Å². The first kappa shape index (κ1) is 25.2. The van der Waals surface area contributed by atoms with Crippen molar-refractivity contribution in [3.8, 4) is 0 Å². The summed E-state index contributed by atoms with van der Waals surface area (Å²) in [6, 6.07) is 12.8. The molecule has 1 amide bonds. The third kappa shape index (κ3) is 5.20. The quantitative estimate of drug-likeness (QED) is 0.361. The van der Waals surface area contributed by atoms with Crippen LogP contribution in [0.4, 0.5) is 0 Å². The second kappa shape index (κ2) is 10.2. The van der Waals surface area contributed by atoms with Crippen molar-refractivity contribution in [1.82, 2.24) is 19.2 Å². The maximum Gasteiger partial charge on any atom is 0.329 e. The molecule has 3 heterocycles. The van der Waals surface area contributed by atoms with E-state index in [4.69, 9.17) is 16.3 Å². The van der Waals surface area contributed by atoms with Gasteiger partial charge in [0, 0.05) is 42.1 Å². The first-order valence-electron chi connectivity index (χ1n) is 11.8. The lowest BCUT2D eigenvalue weighted by atomic mass is 10.1. The van der Waals surface area contributed by atoms with Gasteiger partial charge in [-0.3, -0.25) is 9.80 Å². The number of carbonyl (C=O) groups excluding carboxylic acids is 2. The van der Waals surface area contributed by atoms with Crippen molar-refractivity contribution in [2.45, 2.75) is 24.0 Å². The molecule has 2 saturated heterocycles. The molecule has 0 aliphatic carbocycles. The van der Waals surface area contributed by atoms with E-state index in [1.165, 1.54) is 18.1 Å². The van der Waals surface area contributed by atoms with Crippen molar-refractivity contribution >= 4 is 50.6 Å². The van der Waals surface area contributed by atoms with E-state index >= 15 is 0 Å². The summed E-state index contributed by atoms with van der Waals surface area (Å²) in [5, 5.41) is 7.39. The standard InChI is InChI=1S/C25H26ClN5O5S/c1-36-25(33)22-15-30(37(34,35)23-12-19-11-20(26)7-8-21(19)28-23)16-24(32)31(22)14-18-5-3-17(4-6-18)13-27-29-9-2-10-29/h3-8,11-13,22,28H,2,9-10,14-16H2,1H3/t22-/m1/s1. The zero-order chi connectivity index (χ0) is 26.2. The second-order valence-electron chi connectivity index (χ2n) is 9.02. The van der Waals surface area contributed by atoms with E-state index in [1.807, 2.05) is 29.3 Å². The Balaban J connectivity index is 1.34. The molecule has 0 radical (unpaired) electrons. The first-order valence-corrected chi connectivity index (χ1v) is 13.6. The van der Waals surface area contributed by atoms with Gasteiger partial charge < -0.3 is 14.6 Å². The maximum atomic E-state index is 13.4. The van der Waals surface area contributed by atoms with Crippen molar-refractivity contribution in [2.24, 2.45) is 5.10 Å². The third-order valence-corrected chi connectivity index (χ3v) is 8.54. The number of nitrogens with one attached hydrogen (secondary N) is 1. The van der Waals surface area contributed by atoms with E-state index in [-0.39, 0.29) is 18.1 Å². The predicted octanol–water partition coefficient (Wildman–Crippen LogP) is 2.44. The van der Waals surface area contributed by atoms with Crippen LogP contribution in [0.5, 0.6) is 0 Å². The fraction of sp³-hybridized carbons (Fsp3) is 0.320. The number of hydrazone groups is 1. The summed E-state index contributed by atoms with van der Waals surface area (Å²) >= 11 is 6.02. The summed E-state index contributed by atoms with van der Waals surface area (Å²) in [5.41, 5.74) is 2.31. The molecule has 194 valence electrons. The molecule has 0 bridgehead atoms. The van der Waals surface area contributed by atoms with E-state index in [2.05, 4.69) is 10.1 Å². The van der Waals surface area contributed by atoms with Crippen molar-refractivity contribution in [3.63, 3.8) is 0 Å². The van der Waals surface area contributed by atoms with Gasteiger partial charge in [-0.1, -0.05) is 35.9 Å². The van der Waals surface area contributed by atoms with Gasteiger partial charge in [0.1, 0.15) is 11.1 Å². The summed E-state index contributed by atoms with van der Waals surface area (Å²) in [7, 11) is -2.88. The Bertz CT molecular complexity index is 1470. The molecule has 2 fully saturated rings. The van der Waals surface area contributed by atoms with Crippen LogP contribution >= 0.6 is 11.6 Å². The number of hydrogen-bond donors (Lipinski definition) is 1. The first-order chi connectivity index (χ1) is 17.7. The van der Waals surface area contributed by atoms with E-state index < -0.39 is 34.5 Å². The fourth-order valence-electron chi connectivity index (χ4n) is 4.31. The van der Waals surface area contributed by atoms with Crippen LogP contribution < -0.4 is 0 Å². The smallest absolute Gasteiger partial charge is 0.329 e. The molecular weight excluding hydrogens is 518 g/mol. The normalized spacial score (nSPS) is 19.0. The SMILES string of the molecule is COC(=O)[C@H]1CN(S(=O)(=O)c2cc3cc(Cl)ccc3[nH]2)CC(=O)N1Cc1ccc(C=NN2CCC2)cc1. The van der Waals surface area contributed by atoms with Crippen LogP contribution in [-0.2, 0) is 30.9 Å². The number of benzene rings is 2. The van der Waals surface area contributed by atoms with E-state index in [9.17, 15) is 18.0 Å². The van der Waals surface area contributed by atoms with Crippen molar-refractivity contribution in [3.05, 3.63) is 64.7 Å². The number of rotatable bonds is 7. The molecule has 1 N–H and O–H groups in total. The molecule has 0 unspecified atom stereocenters. The molecule has 12 heteroatoms. The zero-order valence-corrected chi connectivity index (χ0v) is 21.7. The van der Waals surface area contributed by atoms with E-state index in [0.717, 1.165) is 34.9 Å². The average Bonchev–Trinajstić information content (AvgIpc) is 3.28. The highest BCUT2D eigenvalue weighted by Crippen LogP contribution is 2.27. The molecule has 1 atom stereocenters. The Labute approximate surface area is 219 Å². The maximum absolute atomic E-state index is 13.4. The van der Waals surface area contributed by atoms with Gasteiger partial charge in [0.05, 0.1) is 19.9 Å². The number of carbonyl (C=O) groups is 2. The Hall–Kier alpha value is -3.41. The Kier molecular flexibility index (Phi) is 6.93. The molecule has 0 spiro atoms. The largest absolute Gasteiger partial charge is 0.467 e. The topological polar surface area (TPSA) is 115 Å². The number of esters is 1. The van der Waals surface area contributed by atoms with Gasteiger partial charge in [0.15, 0.2) is 0 Å². The molecule has 5 rings (SSSR count). The molecule has 2 aromatic carbocycles. The molecule has 3 aromatic rings. The monoisotopic (exact) mass is 543 g/mol. The second-order valence-corrected chi connectivity index (χ2v) is 11.4. The predicted molar refractivity (Wildman–Crippen MR) is 139 cm³/mol. The molecule has 2 aliphatic heterocycles. The summed E-state index contributed by atoms with van der Waals surface area (Å²) in [5.74, 6) is -1.18. The van der Waals surface area contributed by atoms with Gasteiger partial charge in [-0.05, 0) is 41.8 Å². The number of H-pyrrole nitrogens is 1. The molecule has 10 nitrogen and oxygen atoms in total. The lowest BCUT2D eigenvalue weighted by molar-refractivity contribution is -0.157. The Morgan fingerprint density at radius 3 is 2.62 bits per heavy atom. The minimum atomic E-state index is -4.10. The summed E-state index contributed by atoms with van der Waals surface area (Å²) in [6.07, 6.45) is 2.93. The zero-order valence-electron chi connectivity index (χ0n) is 20.1. The van der Waals surface area contributed by atoms with Gasteiger partial charge in [-0.2, -0.15) is 9.41 Å². The summed E-state index contributed by atoms with van der Waals surface area (Å²) in [4.78, 5) is 30.1. The van der Waals surface area contributed by atoms with Crippen LogP contribution in [0.2, 0.25) is 5.02 Å². The number of hydrogen-bond acceptors (Lipinski definition) is 7. The number of nitrogens with zero attached hydrogens (tertiary/aromatic N) is 4. The minimum Gasteiger partial charge on any atom is -0.467 e. The lowest BCUT2D eigenvalue weighted by Crippen LogP contribution is -2.60. The van der Waals surface area contributed by atoms with E-state index in [0.29, 0.717) is 15.9 Å². The number of aromatic amines is 1. The number of sulfonamides is 1. The van der Waals surface area contributed by atoms with Crippen molar-refractivity contribution < 1.29 is 22.7 Å². The highest BCUT2D eigenvalue weighted by atomic mass is 35.5. The summed E-state index contributed by atoms with van der Waals surface area (Å²) < 4.78 is 32.7. The number of methoxy groups -OCH3 is 1. The molecule has 37 heavy (non-hydrogen) atoms. The fourth-order valence-corrected chi connectivity index (χ4v) is 5.91. The average molecular weight is 544 g/mol.